The molecule has 1 fully saturated rings. The zero-order chi connectivity index (χ0) is 33.6. The molecule has 4 N–H and O–H groups in total. The van der Waals surface area contributed by atoms with Gasteiger partial charge in [-0.3, -0.25) is 13.9 Å². The quantitative estimate of drug-likeness (QED) is 0.223. The molecule has 0 radical (unpaired) electrons. The van der Waals surface area contributed by atoms with Crippen molar-refractivity contribution < 1.29 is 46.1 Å². The summed E-state index contributed by atoms with van der Waals surface area (Å²) in [6, 6.07) is 9.97. The molecule has 2 amide bonds. The van der Waals surface area contributed by atoms with E-state index in [2.05, 4.69) is 5.32 Å². The molecule has 46 heavy (non-hydrogen) atoms. The van der Waals surface area contributed by atoms with Gasteiger partial charge in [0, 0.05) is 37.3 Å². The first kappa shape index (κ1) is 33.5. The number of sulfonamides is 1. The zero-order valence-corrected chi connectivity index (χ0v) is 27.3. The van der Waals surface area contributed by atoms with Crippen molar-refractivity contribution in [3.63, 3.8) is 0 Å². The van der Waals surface area contributed by atoms with Gasteiger partial charge in [0.1, 0.15) is 17.3 Å². The van der Waals surface area contributed by atoms with E-state index in [1.54, 1.807) is 32.0 Å². The summed E-state index contributed by atoms with van der Waals surface area (Å²) in [6.07, 6.45) is -0.672. The fourth-order valence-electron chi connectivity index (χ4n) is 5.85. The number of likely N-dealkylation sites (tertiary alicyclic amines) is 1. The highest BCUT2D eigenvalue weighted by Crippen LogP contribution is 2.61. The van der Waals surface area contributed by atoms with Gasteiger partial charge in [-0.25, -0.2) is 17.6 Å². The lowest BCUT2D eigenvalue weighted by molar-refractivity contribution is 0.102. The Hall–Kier alpha value is -3.89. The molecule has 0 spiro atoms. The van der Waals surface area contributed by atoms with Crippen LogP contribution in [-0.4, -0.2) is 77.2 Å². The van der Waals surface area contributed by atoms with Crippen molar-refractivity contribution in [2.75, 3.05) is 32.6 Å². The zero-order valence-electron chi connectivity index (χ0n) is 25.7. The number of hydrogen-bond donors (Lipinski definition) is 4. The van der Waals surface area contributed by atoms with Gasteiger partial charge in [0.2, 0.25) is 10.0 Å². The van der Waals surface area contributed by atoms with E-state index in [0.29, 0.717) is 22.6 Å². The van der Waals surface area contributed by atoms with Crippen LogP contribution in [0.25, 0.3) is 0 Å². The van der Waals surface area contributed by atoms with Crippen molar-refractivity contribution in [2.24, 2.45) is 0 Å². The number of hydrogen-bond acceptors (Lipinski definition) is 8. The lowest BCUT2D eigenvalue weighted by Crippen LogP contribution is -2.48. The molecule has 248 valence electrons. The molecular weight excluding hydrogens is 641 g/mol. The largest absolute Gasteiger partial charge is 0.497 e. The number of halogens is 1. The summed E-state index contributed by atoms with van der Waals surface area (Å²) in [5.74, 6) is -1.01. The highest BCUT2D eigenvalue weighted by atomic mass is 32.3. The van der Waals surface area contributed by atoms with Gasteiger partial charge in [-0.2, -0.15) is 4.31 Å². The Morgan fingerprint density at radius 2 is 1.76 bits per heavy atom. The molecule has 2 aliphatic heterocycles. The number of nitrogens with one attached hydrogen (secondary N) is 1. The number of anilines is 1. The minimum absolute atomic E-state index is 0.00222. The van der Waals surface area contributed by atoms with Crippen molar-refractivity contribution in [3.05, 3.63) is 71.0 Å². The van der Waals surface area contributed by atoms with Crippen LogP contribution in [0.1, 0.15) is 54.1 Å². The number of rotatable bonds is 8. The summed E-state index contributed by atoms with van der Waals surface area (Å²) < 4.78 is 79.3. The number of benzene rings is 3. The SMILES string of the molecule is COc1ccc(CN(C2CCN(C(=O)O)CC2)S(=O)(=O)c2cc3c(cc2C(C)C)NC(=O)c2ccc(F)cc2S3(O)O)c(OC)c1. The van der Waals surface area contributed by atoms with E-state index in [-0.39, 0.29) is 58.4 Å². The van der Waals surface area contributed by atoms with E-state index in [9.17, 15) is 36.6 Å². The van der Waals surface area contributed by atoms with Crippen LogP contribution in [0.4, 0.5) is 14.9 Å². The normalized spacial score (nSPS) is 17.2. The van der Waals surface area contributed by atoms with E-state index < -0.39 is 50.4 Å². The third-order valence-electron chi connectivity index (χ3n) is 8.33. The van der Waals surface area contributed by atoms with E-state index in [1.165, 1.54) is 29.5 Å². The topological polar surface area (TPSA) is 166 Å². The summed E-state index contributed by atoms with van der Waals surface area (Å²) in [6.45, 7) is 3.61. The Kier molecular flexibility index (Phi) is 9.26. The maximum absolute atomic E-state index is 14.9. The first-order valence-electron chi connectivity index (χ1n) is 14.5. The van der Waals surface area contributed by atoms with Gasteiger partial charge in [0.15, 0.2) is 0 Å². The monoisotopic (exact) mass is 677 g/mol. The van der Waals surface area contributed by atoms with E-state index in [4.69, 9.17) is 9.47 Å². The first-order chi connectivity index (χ1) is 21.7. The summed E-state index contributed by atoms with van der Waals surface area (Å²) in [7, 11) is -5.60. The molecule has 5 rings (SSSR count). The van der Waals surface area contributed by atoms with Crippen LogP contribution in [0, 0.1) is 5.82 Å². The van der Waals surface area contributed by atoms with Gasteiger partial charge in [0.05, 0.1) is 40.2 Å². The predicted octanol–water partition coefficient (Wildman–Crippen LogP) is 6.03. The van der Waals surface area contributed by atoms with Gasteiger partial charge in [0.25, 0.3) is 5.91 Å². The lowest BCUT2D eigenvalue weighted by Gasteiger charge is -2.38. The van der Waals surface area contributed by atoms with Crippen LogP contribution in [0.5, 0.6) is 11.5 Å². The Labute approximate surface area is 268 Å². The highest BCUT2D eigenvalue weighted by Gasteiger charge is 2.40. The van der Waals surface area contributed by atoms with E-state index in [1.807, 2.05) is 0 Å². The van der Waals surface area contributed by atoms with Crippen molar-refractivity contribution in [1.82, 2.24) is 9.21 Å². The molecule has 0 unspecified atom stereocenters. The van der Waals surface area contributed by atoms with Crippen LogP contribution >= 0.6 is 10.6 Å². The molecule has 2 aliphatic rings. The Balaban J connectivity index is 1.69. The van der Waals surface area contributed by atoms with Crippen molar-refractivity contribution in [2.45, 2.75) is 59.9 Å². The number of amides is 2. The van der Waals surface area contributed by atoms with Crippen molar-refractivity contribution >= 4 is 38.3 Å². The number of methoxy groups -OCH3 is 2. The molecule has 0 aromatic heterocycles. The summed E-state index contributed by atoms with van der Waals surface area (Å²) in [5, 5.41) is 12.2. The summed E-state index contributed by atoms with van der Waals surface area (Å²) in [4.78, 5) is 25.1. The Morgan fingerprint density at radius 1 is 1.07 bits per heavy atom. The standard InChI is InChI=1S/C31H36FN3O9S2/c1-18(2)24-15-25-29(45(39,40)27-13-20(32)6-8-23(27)30(36)33-25)16-28(24)46(41,42)35(21-9-11-34(12-10-21)31(37)38)17-19-5-7-22(43-3)14-26(19)44-4/h5-8,13-16,18,21,39-40H,9-12,17H2,1-4H3,(H,33,36)(H,37,38). The van der Waals surface area contributed by atoms with Crippen LogP contribution in [0.3, 0.4) is 0 Å². The second-order valence-corrected chi connectivity index (χ2v) is 15.2. The molecule has 2 heterocycles. The average molecular weight is 678 g/mol. The lowest BCUT2D eigenvalue weighted by atomic mass is 10.0. The maximum atomic E-state index is 14.9. The number of carbonyl (C=O) groups excluding carboxylic acids is 1. The number of fused-ring (bicyclic) bond motifs is 2. The third-order valence-corrected chi connectivity index (χ3v) is 12.2. The van der Waals surface area contributed by atoms with E-state index in [0.717, 1.165) is 24.3 Å². The van der Waals surface area contributed by atoms with E-state index >= 15 is 0 Å². The molecule has 0 atom stereocenters. The molecular formula is C31H36FN3O9S2. The molecule has 12 nitrogen and oxygen atoms in total. The maximum Gasteiger partial charge on any atom is 0.407 e. The van der Waals surface area contributed by atoms with Crippen LogP contribution < -0.4 is 14.8 Å². The third kappa shape index (κ3) is 6.12. The van der Waals surface area contributed by atoms with Gasteiger partial charge in [-0.15, -0.1) is 10.6 Å². The molecule has 0 aliphatic carbocycles. The second-order valence-electron chi connectivity index (χ2n) is 11.4. The molecule has 3 aromatic carbocycles. The number of carboxylic acid groups (broad SMARTS) is 1. The minimum atomic E-state index is -4.46. The second kappa shape index (κ2) is 12.7. The number of piperidine rings is 1. The number of nitrogens with zero attached hydrogens (tertiary/aromatic N) is 2. The molecule has 1 saturated heterocycles. The van der Waals surface area contributed by atoms with Gasteiger partial charge < -0.3 is 24.8 Å². The fraction of sp³-hybridized carbons (Fsp3) is 0.355. The molecule has 3 aromatic rings. The van der Waals surface area contributed by atoms with Gasteiger partial charge >= 0.3 is 6.09 Å². The average Bonchev–Trinajstić information content (AvgIpc) is 3.10. The Morgan fingerprint density at radius 3 is 2.37 bits per heavy atom. The van der Waals surface area contributed by atoms with Gasteiger partial charge in [-0.1, -0.05) is 19.9 Å². The summed E-state index contributed by atoms with van der Waals surface area (Å²) >= 11 is 0. The van der Waals surface area contributed by atoms with Crippen molar-refractivity contribution in [1.29, 1.82) is 0 Å². The molecule has 15 heteroatoms. The Bertz CT molecular complexity index is 1790. The first-order valence-corrected chi connectivity index (χ1v) is 17.5. The van der Waals surface area contributed by atoms with Crippen molar-refractivity contribution in [3.8, 4) is 11.5 Å². The highest BCUT2D eigenvalue weighted by molar-refractivity contribution is 8.24. The smallest absolute Gasteiger partial charge is 0.407 e. The minimum Gasteiger partial charge on any atom is -0.497 e. The van der Waals surface area contributed by atoms with Gasteiger partial charge in [-0.05, 0) is 60.7 Å². The van der Waals surface area contributed by atoms with Crippen LogP contribution in [-0.2, 0) is 16.6 Å². The van der Waals surface area contributed by atoms with Crippen LogP contribution in [0.2, 0.25) is 0 Å². The number of ether oxygens (including phenoxy) is 2. The molecule has 0 bridgehead atoms. The summed E-state index contributed by atoms with van der Waals surface area (Å²) in [5.41, 5.74) is 0.685. The van der Waals surface area contributed by atoms with Crippen LogP contribution in [0.15, 0.2) is 63.2 Å². The predicted molar refractivity (Wildman–Crippen MR) is 169 cm³/mol. The fourth-order valence-corrected chi connectivity index (χ4v) is 9.62. The molecule has 0 saturated carbocycles. The number of carbonyl (C=O) groups is 2.